The predicted molar refractivity (Wildman–Crippen MR) is 124 cm³/mol. The molecule has 3 aliphatic carbocycles. The molecular formula is C23H22INO9. The monoisotopic (exact) mass is 583 g/mol. The second kappa shape index (κ2) is 8.08. The number of ketones is 2. The van der Waals surface area contributed by atoms with Gasteiger partial charge in [0.15, 0.2) is 11.4 Å². The van der Waals surface area contributed by atoms with Crippen molar-refractivity contribution in [2.24, 2.45) is 17.6 Å². The van der Waals surface area contributed by atoms with Crippen molar-refractivity contribution in [3.05, 3.63) is 49.5 Å². The zero-order valence-corrected chi connectivity index (χ0v) is 20.3. The Hall–Kier alpha value is -2.93. The molecule has 0 aliphatic heterocycles. The van der Waals surface area contributed by atoms with Crippen LogP contribution in [0.25, 0.3) is 0 Å². The topological polar surface area (TPSA) is 184 Å². The van der Waals surface area contributed by atoms with Crippen LogP contribution in [0, 0.1) is 15.4 Å². The smallest absolute Gasteiger partial charge is 0.305 e. The van der Waals surface area contributed by atoms with Crippen LogP contribution >= 0.6 is 22.6 Å². The molecule has 1 amide bonds. The summed E-state index contributed by atoms with van der Waals surface area (Å²) in [6, 6.07) is 2.92. The molecule has 3 aliphatic rings. The largest absolute Gasteiger partial charge is 0.511 e. The average Bonchev–Trinajstić information content (AvgIpc) is 2.77. The third kappa shape index (κ3) is 3.09. The third-order valence-electron chi connectivity index (χ3n) is 6.95. The lowest BCUT2D eigenvalue weighted by molar-refractivity contribution is -0.174. The van der Waals surface area contributed by atoms with E-state index in [0.717, 1.165) is 0 Å². The Morgan fingerprint density at radius 3 is 2.47 bits per heavy atom. The minimum atomic E-state index is -2.86. The molecule has 0 fully saturated rings. The van der Waals surface area contributed by atoms with Gasteiger partial charge in [-0.05, 0) is 46.2 Å². The van der Waals surface area contributed by atoms with E-state index < -0.39 is 82.0 Å². The van der Waals surface area contributed by atoms with E-state index in [-0.39, 0.29) is 17.7 Å². The Kier molecular flexibility index (Phi) is 5.75. The summed E-state index contributed by atoms with van der Waals surface area (Å²) in [5.74, 6) is -9.35. The highest BCUT2D eigenvalue weighted by atomic mass is 127. The highest BCUT2D eigenvalue weighted by Crippen LogP contribution is 2.56. The summed E-state index contributed by atoms with van der Waals surface area (Å²) in [6.45, 7) is 3.24. The highest BCUT2D eigenvalue weighted by Gasteiger charge is 2.65. The summed E-state index contributed by atoms with van der Waals surface area (Å²) in [7, 11) is 0. The molecule has 0 unspecified atom stereocenters. The van der Waals surface area contributed by atoms with Crippen LogP contribution in [-0.4, -0.2) is 55.6 Å². The maximum absolute atomic E-state index is 13.6. The molecule has 0 heterocycles. The molecule has 34 heavy (non-hydrogen) atoms. The lowest BCUT2D eigenvalue weighted by Gasteiger charge is -2.51. The normalized spacial score (nSPS) is 30.5. The van der Waals surface area contributed by atoms with Crippen LogP contribution in [0.2, 0.25) is 0 Å². The number of fused-ring (bicyclic) bond motifs is 3. The summed E-state index contributed by atoms with van der Waals surface area (Å²) in [4.78, 5) is 51.0. The van der Waals surface area contributed by atoms with Crippen LogP contribution in [0.4, 0.5) is 0 Å². The first-order valence-electron chi connectivity index (χ1n) is 10.6. The summed E-state index contributed by atoms with van der Waals surface area (Å²) < 4.78 is 6.27. The summed E-state index contributed by atoms with van der Waals surface area (Å²) in [6.07, 6.45) is -1.89. The first-order valence-corrected chi connectivity index (χ1v) is 11.6. The molecule has 0 aromatic heterocycles. The van der Waals surface area contributed by atoms with Crippen molar-refractivity contribution in [1.29, 1.82) is 0 Å². The number of aliphatic hydroxyl groups excluding tert-OH is 2. The standard InChI is InChI=1S/C23H22INO9/c1-3-12(28)34-19-8-6-11(27)16(22(25)32)20(30)23(8,33)21(31)17-14(19)7(2)13-9(24)4-5-10(26)15(13)18(17)29/h4-5,7-8,14,19,26-27,31,33H,3,6H2,1-2H3,(H2,25,32)/t7-,8+,14+,19+,23+/m0/s1. The molecule has 0 bridgehead atoms. The molecule has 5 atom stereocenters. The maximum Gasteiger partial charge on any atom is 0.305 e. The van der Waals surface area contributed by atoms with Crippen molar-refractivity contribution >= 4 is 46.0 Å². The number of primary amides is 1. The lowest BCUT2D eigenvalue weighted by Crippen LogP contribution is -2.63. The van der Waals surface area contributed by atoms with Gasteiger partial charge in [0.1, 0.15) is 28.9 Å². The third-order valence-corrected chi connectivity index (χ3v) is 7.89. The Labute approximate surface area is 207 Å². The summed E-state index contributed by atoms with van der Waals surface area (Å²) >= 11 is 2.00. The number of allylic oxidation sites excluding steroid dienone is 1. The molecule has 10 nitrogen and oxygen atoms in total. The number of nitrogens with two attached hydrogens (primary N) is 1. The van der Waals surface area contributed by atoms with Crippen molar-refractivity contribution in [3.63, 3.8) is 0 Å². The van der Waals surface area contributed by atoms with Crippen LogP contribution in [0.3, 0.4) is 0 Å². The number of hydrogen-bond donors (Lipinski definition) is 5. The van der Waals surface area contributed by atoms with E-state index in [2.05, 4.69) is 0 Å². The molecule has 0 radical (unpaired) electrons. The van der Waals surface area contributed by atoms with E-state index in [1.54, 1.807) is 13.0 Å². The highest BCUT2D eigenvalue weighted by molar-refractivity contribution is 14.1. The average molecular weight is 583 g/mol. The molecule has 0 spiro atoms. The molecule has 0 saturated heterocycles. The Bertz CT molecular complexity index is 1230. The summed E-state index contributed by atoms with van der Waals surface area (Å²) in [5, 5.41) is 43.6. The van der Waals surface area contributed by atoms with Gasteiger partial charge in [-0.3, -0.25) is 19.2 Å². The first kappa shape index (κ1) is 24.2. The van der Waals surface area contributed by atoms with Crippen molar-refractivity contribution in [2.75, 3.05) is 0 Å². The van der Waals surface area contributed by atoms with Crippen molar-refractivity contribution in [2.45, 2.75) is 44.3 Å². The van der Waals surface area contributed by atoms with Crippen LogP contribution in [0.1, 0.15) is 48.5 Å². The van der Waals surface area contributed by atoms with Gasteiger partial charge < -0.3 is 30.9 Å². The number of phenolic OH excluding ortho intramolecular Hbond substituents is 1. The molecule has 4 rings (SSSR count). The zero-order chi connectivity index (χ0) is 25.3. The lowest BCUT2D eigenvalue weighted by atomic mass is 9.56. The summed E-state index contributed by atoms with van der Waals surface area (Å²) in [5.41, 5.74) is 1.43. The Morgan fingerprint density at radius 2 is 1.88 bits per heavy atom. The van der Waals surface area contributed by atoms with Crippen LogP contribution in [0.5, 0.6) is 5.75 Å². The quantitative estimate of drug-likeness (QED) is 0.201. The van der Waals surface area contributed by atoms with Crippen molar-refractivity contribution in [1.82, 2.24) is 0 Å². The number of aliphatic hydroxyl groups is 3. The number of hydrogen-bond acceptors (Lipinski definition) is 9. The minimum absolute atomic E-state index is 0.0566. The SMILES string of the molecule is CCC(=O)O[C@H]1[C@H]2C(=C(O)[C@]3(O)C(=O)C(C(N)=O)=C(O)C[C@H]13)C(=O)c1c(O)ccc(I)c1[C@@H]2C. The number of ether oxygens (including phenoxy) is 1. The molecule has 1 aromatic rings. The van der Waals surface area contributed by atoms with E-state index in [1.165, 1.54) is 13.0 Å². The van der Waals surface area contributed by atoms with Crippen LogP contribution < -0.4 is 5.73 Å². The fraction of sp³-hybridized carbons (Fsp3) is 0.391. The van der Waals surface area contributed by atoms with E-state index in [4.69, 9.17) is 10.5 Å². The number of phenols is 1. The van der Waals surface area contributed by atoms with Crippen molar-refractivity contribution in [3.8, 4) is 5.75 Å². The van der Waals surface area contributed by atoms with E-state index in [1.807, 2.05) is 22.6 Å². The number of benzene rings is 1. The first-order chi connectivity index (χ1) is 15.9. The number of rotatable bonds is 3. The van der Waals surface area contributed by atoms with Gasteiger partial charge in [0.05, 0.1) is 5.56 Å². The van der Waals surface area contributed by atoms with Crippen LogP contribution in [0.15, 0.2) is 34.8 Å². The number of carbonyl (C=O) groups excluding carboxylic acids is 4. The van der Waals surface area contributed by atoms with Gasteiger partial charge in [-0.15, -0.1) is 0 Å². The van der Waals surface area contributed by atoms with Gasteiger partial charge in [-0.1, -0.05) is 13.8 Å². The zero-order valence-electron chi connectivity index (χ0n) is 18.2. The van der Waals surface area contributed by atoms with Gasteiger partial charge in [0.2, 0.25) is 5.78 Å². The maximum atomic E-state index is 13.6. The second-order valence-corrected chi connectivity index (χ2v) is 9.82. The van der Waals surface area contributed by atoms with E-state index in [9.17, 15) is 39.6 Å². The molecule has 180 valence electrons. The Morgan fingerprint density at radius 1 is 1.24 bits per heavy atom. The molecule has 6 N–H and O–H groups in total. The predicted octanol–water partition coefficient (Wildman–Crippen LogP) is 1.68. The molecule has 11 heteroatoms. The Balaban J connectivity index is 2.05. The van der Waals surface area contributed by atoms with Gasteiger partial charge in [0.25, 0.3) is 5.91 Å². The number of carbonyl (C=O) groups is 4. The van der Waals surface area contributed by atoms with E-state index >= 15 is 0 Å². The van der Waals surface area contributed by atoms with Gasteiger partial charge >= 0.3 is 5.97 Å². The molecule has 0 saturated carbocycles. The number of esters is 1. The molecule has 1 aromatic carbocycles. The van der Waals surface area contributed by atoms with Crippen molar-refractivity contribution < 1.29 is 44.3 Å². The fourth-order valence-corrected chi connectivity index (χ4v) is 6.32. The number of halogens is 1. The van der Waals surface area contributed by atoms with Crippen LogP contribution in [-0.2, 0) is 19.1 Å². The second-order valence-electron chi connectivity index (χ2n) is 8.66. The molecular weight excluding hydrogens is 561 g/mol. The fourth-order valence-electron chi connectivity index (χ4n) is 5.38. The number of amides is 1. The van der Waals surface area contributed by atoms with Gasteiger partial charge in [0, 0.05) is 33.8 Å². The van der Waals surface area contributed by atoms with Gasteiger partial charge in [-0.2, -0.15) is 0 Å². The van der Waals surface area contributed by atoms with E-state index in [0.29, 0.717) is 9.13 Å². The number of aromatic hydroxyl groups is 1. The minimum Gasteiger partial charge on any atom is -0.511 e. The number of Topliss-reactive ketones (excluding diaryl/α,β-unsaturated/α-hetero) is 2. The van der Waals surface area contributed by atoms with Gasteiger partial charge in [-0.25, -0.2) is 0 Å².